The van der Waals surface area contributed by atoms with Crippen molar-refractivity contribution >= 4 is 29.3 Å². The third-order valence-electron chi connectivity index (χ3n) is 2.62. The summed E-state index contributed by atoms with van der Waals surface area (Å²) >= 11 is 5.17. The number of H-pyrrole nitrogens is 1. The van der Waals surface area contributed by atoms with E-state index in [1.54, 1.807) is 17.7 Å². The molecular weight excluding hydrogens is 224 g/mol. The fourth-order valence-corrected chi connectivity index (χ4v) is 1.98. The number of nitrogens with two attached hydrogens (primary N) is 1. The lowest BCUT2D eigenvalue weighted by Gasteiger charge is -2.09. The number of hydrogen-bond donors (Lipinski definition) is 2. The van der Waals surface area contributed by atoms with Crippen molar-refractivity contribution in [2.45, 2.75) is 19.9 Å². The van der Waals surface area contributed by atoms with Crippen molar-refractivity contribution in [2.24, 2.45) is 5.73 Å². The van der Waals surface area contributed by atoms with Gasteiger partial charge >= 0.3 is 0 Å². The lowest BCUT2D eigenvalue weighted by molar-refractivity contribution is -0.120. The molecular formula is C10H12N4OS. The van der Waals surface area contributed by atoms with Crippen LogP contribution in [0.25, 0.3) is 11.2 Å². The van der Waals surface area contributed by atoms with Crippen molar-refractivity contribution in [2.75, 3.05) is 0 Å². The van der Waals surface area contributed by atoms with E-state index < -0.39 is 11.9 Å². The Morgan fingerprint density at radius 3 is 3.00 bits per heavy atom. The molecule has 0 bridgehead atoms. The Balaban J connectivity index is 2.80. The first-order chi connectivity index (χ1) is 7.52. The Bertz CT molecular complexity index is 613. The average molecular weight is 236 g/mol. The van der Waals surface area contributed by atoms with Crippen LogP contribution in [0.1, 0.15) is 18.5 Å². The molecule has 0 saturated heterocycles. The minimum absolute atomic E-state index is 0.430. The predicted molar refractivity (Wildman–Crippen MR) is 63.6 cm³/mol. The van der Waals surface area contributed by atoms with Gasteiger partial charge in [-0.3, -0.25) is 9.36 Å². The summed E-state index contributed by atoms with van der Waals surface area (Å²) in [6, 6.07) is 1.38. The molecule has 16 heavy (non-hydrogen) atoms. The predicted octanol–water partition coefficient (Wildman–Crippen LogP) is 1.45. The summed E-state index contributed by atoms with van der Waals surface area (Å²) < 4.78 is 2.10. The third kappa shape index (κ3) is 1.51. The van der Waals surface area contributed by atoms with E-state index in [2.05, 4.69) is 9.97 Å². The van der Waals surface area contributed by atoms with Gasteiger partial charge in [0.2, 0.25) is 5.91 Å². The number of fused-ring (bicyclic) bond motifs is 1. The number of aryl methyl sites for hydroxylation is 1. The number of carbonyl (C=O) groups excluding carboxylic acids is 1. The minimum atomic E-state index is -0.504. The number of carbonyl (C=O) groups is 1. The SMILES string of the molecule is Cc1ccnc2c1[nH]c(=S)n2C(C)C(N)=O. The van der Waals surface area contributed by atoms with E-state index in [0.29, 0.717) is 10.4 Å². The summed E-state index contributed by atoms with van der Waals surface area (Å²) in [5, 5.41) is 0. The molecule has 2 heterocycles. The molecule has 2 aromatic rings. The third-order valence-corrected chi connectivity index (χ3v) is 2.92. The Morgan fingerprint density at radius 2 is 2.38 bits per heavy atom. The number of pyridine rings is 1. The smallest absolute Gasteiger partial charge is 0.240 e. The Kier molecular flexibility index (Phi) is 2.51. The van der Waals surface area contributed by atoms with Crippen molar-refractivity contribution in [1.82, 2.24) is 14.5 Å². The molecule has 0 aliphatic rings. The first-order valence-corrected chi connectivity index (χ1v) is 5.28. The number of nitrogens with zero attached hydrogens (tertiary/aromatic N) is 2. The van der Waals surface area contributed by atoms with E-state index in [0.717, 1.165) is 11.1 Å². The molecule has 0 aromatic carbocycles. The van der Waals surface area contributed by atoms with Crippen molar-refractivity contribution in [3.63, 3.8) is 0 Å². The molecule has 0 saturated carbocycles. The zero-order chi connectivity index (χ0) is 11.9. The number of imidazole rings is 1. The maximum atomic E-state index is 11.2. The zero-order valence-electron chi connectivity index (χ0n) is 9.02. The molecule has 6 heteroatoms. The quantitative estimate of drug-likeness (QED) is 0.775. The van der Waals surface area contributed by atoms with Crippen LogP contribution >= 0.6 is 12.2 Å². The first kappa shape index (κ1) is 10.8. The van der Waals surface area contributed by atoms with Gasteiger partial charge in [0, 0.05) is 6.20 Å². The highest BCUT2D eigenvalue weighted by molar-refractivity contribution is 7.71. The molecule has 1 atom stereocenters. The monoisotopic (exact) mass is 236 g/mol. The van der Waals surface area contributed by atoms with Crippen LogP contribution < -0.4 is 5.73 Å². The fraction of sp³-hybridized carbons (Fsp3) is 0.300. The second-order valence-electron chi connectivity index (χ2n) is 3.70. The molecule has 0 fully saturated rings. The topological polar surface area (TPSA) is 76.7 Å². The maximum absolute atomic E-state index is 11.2. The van der Waals surface area contributed by atoms with E-state index in [-0.39, 0.29) is 0 Å². The summed E-state index contributed by atoms with van der Waals surface area (Å²) in [6.07, 6.45) is 1.69. The van der Waals surface area contributed by atoms with Gasteiger partial charge in [-0.25, -0.2) is 4.98 Å². The average Bonchev–Trinajstić information content (AvgIpc) is 2.55. The lowest BCUT2D eigenvalue weighted by atomic mass is 10.2. The van der Waals surface area contributed by atoms with Crippen molar-refractivity contribution in [3.8, 4) is 0 Å². The summed E-state index contributed by atoms with van der Waals surface area (Å²) in [7, 11) is 0. The van der Waals surface area contributed by atoms with E-state index >= 15 is 0 Å². The molecule has 1 unspecified atom stereocenters. The standard InChI is InChI=1S/C10H12N4OS/c1-5-3-4-12-9-7(5)13-10(16)14(9)6(2)8(11)15/h3-4,6H,1-2H3,(H2,11,15)(H,13,16). The highest BCUT2D eigenvalue weighted by Crippen LogP contribution is 2.19. The van der Waals surface area contributed by atoms with Crippen LogP contribution in [0, 0.1) is 11.7 Å². The van der Waals surface area contributed by atoms with Crippen LogP contribution in [0.4, 0.5) is 0 Å². The fourth-order valence-electron chi connectivity index (χ4n) is 1.63. The van der Waals surface area contributed by atoms with E-state index in [1.807, 2.05) is 13.0 Å². The lowest BCUT2D eigenvalue weighted by Crippen LogP contribution is -2.24. The molecule has 0 radical (unpaired) electrons. The van der Waals surface area contributed by atoms with Gasteiger partial charge in [0.05, 0.1) is 5.52 Å². The van der Waals surface area contributed by atoms with Crippen LogP contribution in [0.15, 0.2) is 12.3 Å². The van der Waals surface area contributed by atoms with Crippen LogP contribution in [0.3, 0.4) is 0 Å². The Labute approximate surface area is 97.3 Å². The molecule has 2 rings (SSSR count). The minimum Gasteiger partial charge on any atom is -0.368 e. The van der Waals surface area contributed by atoms with Crippen molar-refractivity contribution in [1.29, 1.82) is 0 Å². The number of nitrogens with one attached hydrogen (secondary N) is 1. The molecule has 3 N–H and O–H groups in total. The normalized spacial score (nSPS) is 12.9. The van der Waals surface area contributed by atoms with Gasteiger partial charge in [0.15, 0.2) is 10.4 Å². The molecule has 5 nitrogen and oxygen atoms in total. The number of primary amides is 1. The Morgan fingerprint density at radius 1 is 1.69 bits per heavy atom. The second-order valence-corrected chi connectivity index (χ2v) is 4.09. The van der Waals surface area contributed by atoms with Gasteiger partial charge in [-0.2, -0.15) is 0 Å². The highest BCUT2D eigenvalue weighted by Gasteiger charge is 2.17. The molecule has 0 spiro atoms. The highest BCUT2D eigenvalue weighted by atomic mass is 32.1. The van der Waals surface area contributed by atoms with Crippen molar-refractivity contribution in [3.05, 3.63) is 22.6 Å². The van der Waals surface area contributed by atoms with Gasteiger partial charge in [0.25, 0.3) is 0 Å². The molecule has 0 aliphatic carbocycles. The number of hydrogen-bond acceptors (Lipinski definition) is 3. The van der Waals surface area contributed by atoms with Gasteiger partial charge < -0.3 is 10.7 Å². The summed E-state index contributed by atoms with van der Waals surface area (Å²) in [5.41, 5.74) is 7.82. The number of aromatic nitrogens is 3. The first-order valence-electron chi connectivity index (χ1n) is 4.87. The Hall–Kier alpha value is -1.69. The van der Waals surface area contributed by atoms with Crippen LogP contribution in [0.2, 0.25) is 0 Å². The van der Waals surface area contributed by atoms with Crippen LogP contribution in [-0.4, -0.2) is 20.4 Å². The summed E-state index contributed by atoms with van der Waals surface area (Å²) in [5.74, 6) is -0.430. The summed E-state index contributed by atoms with van der Waals surface area (Å²) in [6.45, 7) is 3.66. The van der Waals surface area contributed by atoms with Gasteiger partial charge in [-0.05, 0) is 37.7 Å². The van der Waals surface area contributed by atoms with Gasteiger partial charge in [-0.15, -0.1) is 0 Å². The zero-order valence-corrected chi connectivity index (χ0v) is 9.84. The van der Waals surface area contributed by atoms with Crippen LogP contribution in [-0.2, 0) is 4.79 Å². The van der Waals surface area contributed by atoms with E-state index in [9.17, 15) is 4.79 Å². The van der Waals surface area contributed by atoms with Gasteiger partial charge in [0.1, 0.15) is 6.04 Å². The van der Waals surface area contributed by atoms with E-state index in [1.165, 1.54) is 0 Å². The van der Waals surface area contributed by atoms with Gasteiger partial charge in [-0.1, -0.05) is 0 Å². The summed E-state index contributed by atoms with van der Waals surface area (Å²) in [4.78, 5) is 18.5. The van der Waals surface area contributed by atoms with Crippen molar-refractivity contribution < 1.29 is 4.79 Å². The maximum Gasteiger partial charge on any atom is 0.240 e. The number of amides is 1. The number of rotatable bonds is 2. The van der Waals surface area contributed by atoms with Crippen LogP contribution in [0.5, 0.6) is 0 Å². The molecule has 0 aliphatic heterocycles. The largest absolute Gasteiger partial charge is 0.368 e. The number of aromatic amines is 1. The van der Waals surface area contributed by atoms with E-state index in [4.69, 9.17) is 18.0 Å². The molecule has 1 amide bonds. The molecule has 2 aromatic heterocycles. The molecule has 84 valence electrons. The second kappa shape index (κ2) is 3.71.